The predicted molar refractivity (Wildman–Crippen MR) is 69.0 cm³/mol. The summed E-state index contributed by atoms with van der Waals surface area (Å²) in [5.74, 6) is -0.507. The number of allylic oxidation sites excluding steroid dienone is 1. The first-order valence-corrected chi connectivity index (χ1v) is 5.91. The molecule has 0 spiro atoms. The molecule has 0 amide bonds. The van der Waals surface area contributed by atoms with Gasteiger partial charge in [0.15, 0.2) is 0 Å². The molecule has 0 unspecified atom stereocenters. The molecule has 1 aromatic carbocycles. The Balaban J connectivity index is 3.01. The smallest absolute Gasteiger partial charge is 0.332 e. The van der Waals surface area contributed by atoms with Crippen LogP contribution in [0.1, 0.15) is 19.4 Å². The lowest BCUT2D eigenvalue weighted by atomic mass is 10.1. The maximum Gasteiger partial charge on any atom is 0.332 e. The van der Waals surface area contributed by atoms with Crippen molar-refractivity contribution in [3.05, 3.63) is 40.4 Å². The Bertz CT molecular complexity index is 486. The number of ether oxygens (including phenoxy) is 1. The molecule has 0 aliphatic heterocycles. The lowest BCUT2D eigenvalue weighted by Crippen LogP contribution is -2.09. The number of carbonyl (C=O) groups is 1. The Morgan fingerprint density at radius 1 is 1.47 bits per heavy atom. The van der Waals surface area contributed by atoms with Crippen molar-refractivity contribution in [3.63, 3.8) is 0 Å². The average molecular weight is 294 g/mol. The van der Waals surface area contributed by atoms with E-state index in [9.17, 15) is 4.79 Å². The van der Waals surface area contributed by atoms with Crippen LogP contribution in [-0.2, 0) is 9.53 Å². The van der Waals surface area contributed by atoms with Gasteiger partial charge in [0.05, 0.1) is 11.7 Å². The van der Waals surface area contributed by atoms with E-state index in [0.29, 0.717) is 5.56 Å². The van der Waals surface area contributed by atoms with Gasteiger partial charge in [0.1, 0.15) is 6.07 Å². The Hall–Kier alpha value is -1.60. The van der Waals surface area contributed by atoms with Crippen LogP contribution in [0, 0.1) is 11.3 Å². The fourth-order valence-corrected chi connectivity index (χ4v) is 1.73. The Morgan fingerprint density at radius 3 is 2.65 bits per heavy atom. The van der Waals surface area contributed by atoms with Crippen molar-refractivity contribution in [1.82, 2.24) is 0 Å². The van der Waals surface area contributed by atoms with Crippen LogP contribution in [-0.4, -0.2) is 12.1 Å². The highest BCUT2D eigenvalue weighted by Crippen LogP contribution is 2.23. The van der Waals surface area contributed by atoms with E-state index in [2.05, 4.69) is 15.9 Å². The highest BCUT2D eigenvalue weighted by molar-refractivity contribution is 9.10. The van der Waals surface area contributed by atoms with Gasteiger partial charge in [-0.1, -0.05) is 34.1 Å². The Kier molecular flexibility index (Phi) is 4.92. The number of benzene rings is 1. The van der Waals surface area contributed by atoms with E-state index < -0.39 is 5.97 Å². The summed E-state index contributed by atoms with van der Waals surface area (Å²) in [6.45, 7) is 3.52. The highest BCUT2D eigenvalue weighted by atomic mass is 79.9. The number of halogens is 1. The van der Waals surface area contributed by atoms with Crippen LogP contribution in [0.15, 0.2) is 34.8 Å². The van der Waals surface area contributed by atoms with Crippen LogP contribution >= 0.6 is 15.9 Å². The summed E-state index contributed by atoms with van der Waals surface area (Å²) in [4.78, 5) is 11.4. The molecule has 0 aliphatic carbocycles. The van der Waals surface area contributed by atoms with Crippen molar-refractivity contribution in [1.29, 1.82) is 5.26 Å². The second-order valence-corrected chi connectivity index (χ2v) is 4.49. The SMILES string of the molecule is CC(C)OC(=O)C=C(C#N)c1ccccc1Br. The molecule has 17 heavy (non-hydrogen) atoms. The van der Waals surface area contributed by atoms with Crippen LogP contribution in [0.3, 0.4) is 0 Å². The first kappa shape index (κ1) is 13.5. The largest absolute Gasteiger partial charge is 0.460 e. The van der Waals surface area contributed by atoms with Gasteiger partial charge in [0.2, 0.25) is 0 Å². The van der Waals surface area contributed by atoms with Crippen LogP contribution < -0.4 is 0 Å². The quantitative estimate of drug-likeness (QED) is 0.488. The molecule has 1 aromatic rings. The zero-order chi connectivity index (χ0) is 12.8. The topological polar surface area (TPSA) is 50.1 Å². The minimum Gasteiger partial charge on any atom is -0.460 e. The van der Waals surface area contributed by atoms with Gasteiger partial charge >= 0.3 is 5.97 Å². The molecule has 0 aromatic heterocycles. The van der Waals surface area contributed by atoms with Crippen LogP contribution in [0.25, 0.3) is 5.57 Å². The van der Waals surface area contributed by atoms with E-state index in [0.717, 1.165) is 4.47 Å². The van der Waals surface area contributed by atoms with Gasteiger partial charge < -0.3 is 4.74 Å². The molecule has 1 rings (SSSR count). The summed E-state index contributed by atoms with van der Waals surface area (Å²) in [6.07, 6.45) is 1.01. The zero-order valence-electron chi connectivity index (χ0n) is 9.61. The maximum atomic E-state index is 11.4. The second-order valence-electron chi connectivity index (χ2n) is 3.64. The zero-order valence-corrected chi connectivity index (χ0v) is 11.2. The third-order valence-electron chi connectivity index (χ3n) is 1.90. The molecule has 88 valence electrons. The van der Waals surface area contributed by atoms with Crippen molar-refractivity contribution in [2.24, 2.45) is 0 Å². The Morgan fingerprint density at radius 2 is 2.12 bits per heavy atom. The van der Waals surface area contributed by atoms with E-state index >= 15 is 0 Å². The van der Waals surface area contributed by atoms with Gasteiger partial charge in [-0.2, -0.15) is 5.26 Å². The summed E-state index contributed by atoms with van der Waals surface area (Å²) >= 11 is 3.33. The first-order chi connectivity index (χ1) is 8.04. The van der Waals surface area contributed by atoms with Crippen LogP contribution in [0.5, 0.6) is 0 Å². The molecule has 0 aliphatic rings. The van der Waals surface area contributed by atoms with Gasteiger partial charge in [0.25, 0.3) is 0 Å². The molecule has 0 heterocycles. The van der Waals surface area contributed by atoms with Gasteiger partial charge in [0, 0.05) is 16.1 Å². The van der Waals surface area contributed by atoms with Crippen molar-refractivity contribution in [2.45, 2.75) is 20.0 Å². The Labute approximate surface area is 109 Å². The standard InChI is InChI=1S/C13H12BrNO2/c1-9(2)17-13(16)7-10(8-15)11-5-3-4-6-12(11)14/h3-7,9H,1-2H3. The average Bonchev–Trinajstić information content (AvgIpc) is 2.26. The summed E-state index contributed by atoms with van der Waals surface area (Å²) in [6, 6.07) is 9.22. The number of nitrogens with zero attached hydrogens (tertiary/aromatic N) is 1. The number of nitriles is 1. The molecule has 0 radical (unpaired) electrons. The summed E-state index contributed by atoms with van der Waals surface area (Å²) in [5, 5.41) is 9.04. The number of hydrogen-bond donors (Lipinski definition) is 0. The van der Waals surface area contributed by atoms with Crippen LogP contribution in [0.4, 0.5) is 0 Å². The molecule has 4 heteroatoms. The second kappa shape index (κ2) is 6.21. The number of hydrogen-bond acceptors (Lipinski definition) is 3. The minimum absolute atomic E-state index is 0.196. The lowest BCUT2D eigenvalue weighted by molar-refractivity contribution is -0.141. The van der Waals surface area contributed by atoms with Crippen molar-refractivity contribution in [2.75, 3.05) is 0 Å². The van der Waals surface area contributed by atoms with E-state index in [1.54, 1.807) is 26.0 Å². The molecule has 0 fully saturated rings. The monoisotopic (exact) mass is 293 g/mol. The van der Waals surface area contributed by atoms with Gasteiger partial charge in [-0.05, 0) is 19.9 Å². The first-order valence-electron chi connectivity index (χ1n) is 5.12. The maximum absolute atomic E-state index is 11.4. The third-order valence-corrected chi connectivity index (χ3v) is 2.59. The van der Waals surface area contributed by atoms with E-state index in [1.807, 2.05) is 18.2 Å². The number of esters is 1. The van der Waals surface area contributed by atoms with Crippen molar-refractivity contribution < 1.29 is 9.53 Å². The van der Waals surface area contributed by atoms with Crippen LogP contribution in [0.2, 0.25) is 0 Å². The normalized spacial score (nSPS) is 11.1. The molecular weight excluding hydrogens is 282 g/mol. The van der Waals surface area contributed by atoms with E-state index in [-0.39, 0.29) is 11.7 Å². The minimum atomic E-state index is -0.507. The fourth-order valence-electron chi connectivity index (χ4n) is 1.23. The molecular formula is C13H12BrNO2. The van der Waals surface area contributed by atoms with Gasteiger partial charge in [-0.3, -0.25) is 0 Å². The third kappa shape index (κ3) is 4.04. The molecule has 3 nitrogen and oxygen atoms in total. The predicted octanol–water partition coefficient (Wildman–Crippen LogP) is 3.31. The molecule has 0 N–H and O–H groups in total. The fraction of sp³-hybridized carbons (Fsp3) is 0.231. The molecule has 0 saturated carbocycles. The summed E-state index contributed by atoms with van der Waals surface area (Å²) in [5.41, 5.74) is 0.957. The molecule has 0 atom stereocenters. The highest BCUT2D eigenvalue weighted by Gasteiger charge is 2.09. The molecule has 0 bridgehead atoms. The van der Waals surface area contributed by atoms with Crippen molar-refractivity contribution in [3.8, 4) is 6.07 Å². The van der Waals surface area contributed by atoms with Crippen molar-refractivity contribution >= 4 is 27.5 Å². The lowest BCUT2D eigenvalue weighted by Gasteiger charge is -2.06. The van der Waals surface area contributed by atoms with Gasteiger partial charge in [-0.25, -0.2) is 4.79 Å². The summed E-state index contributed by atoms with van der Waals surface area (Å²) in [7, 11) is 0. The summed E-state index contributed by atoms with van der Waals surface area (Å²) < 4.78 is 5.73. The van der Waals surface area contributed by atoms with E-state index in [4.69, 9.17) is 10.00 Å². The molecule has 0 saturated heterocycles. The number of carbonyl (C=O) groups excluding carboxylic acids is 1. The van der Waals surface area contributed by atoms with Gasteiger partial charge in [-0.15, -0.1) is 0 Å². The van der Waals surface area contributed by atoms with E-state index in [1.165, 1.54) is 6.08 Å². The number of rotatable bonds is 3.